The van der Waals surface area contributed by atoms with E-state index in [-0.39, 0.29) is 33.2 Å². The summed E-state index contributed by atoms with van der Waals surface area (Å²) in [5, 5.41) is 0. The molecule has 0 aromatic heterocycles. The largest absolute Gasteiger partial charge is 0.456 e. The Morgan fingerprint density at radius 3 is 1.15 bits per heavy atom. The van der Waals surface area contributed by atoms with E-state index in [1.54, 1.807) is 6.92 Å². The van der Waals surface area contributed by atoms with Crippen molar-refractivity contribution in [3.05, 3.63) is 108 Å². The predicted octanol–water partition coefficient (Wildman–Crippen LogP) is 6.42. The fourth-order valence-electron chi connectivity index (χ4n) is 4.18. The second-order valence-electron chi connectivity index (χ2n) is 9.01. The number of carbonyl (C=O) groups is 3. The van der Waals surface area contributed by atoms with Gasteiger partial charge in [0, 0.05) is 26.1 Å². The highest BCUT2D eigenvalue weighted by Gasteiger charge is 2.28. The van der Waals surface area contributed by atoms with Gasteiger partial charge in [-0.2, -0.15) is 0 Å². The maximum Gasteiger partial charge on any atom is 0.316 e. The average molecular weight is 769 g/mol. The first-order valence-corrected chi connectivity index (χ1v) is 16.1. The van der Waals surface area contributed by atoms with Crippen LogP contribution in [0.3, 0.4) is 0 Å². The molecule has 3 rings (SSSR count). The zero-order chi connectivity index (χ0) is 28.7. The first kappa shape index (κ1) is 32.0. The van der Waals surface area contributed by atoms with Crippen LogP contribution in [0.2, 0.25) is 0 Å². The fourth-order valence-corrected chi connectivity index (χ4v) is 4.54. The van der Waals surface area contributed by atoms with E-state index in [0.29, 0.717) is 19.6 Å². The number of carbonyl (C=O) groups excluding carboxylic acids is 3. The zero-order valence-electron chi connectivity index (χ0n) is 22.3. The highest BCUT2D eigenvalue weighted by atomic mass is 127. The minimum absolute atomic E-state index is 0.210. The average Bonchev–Trinajstić information content (AvgIpc) is 3.00. The van der Waals surface area contributed by atoms with Gasteiger partial charge in [-0.05, 0) is 16.7 Å². The third kappa shape index (κ3) is 10.5. The number of ether oxygens (including phenoxy) is 3. The summed E-state index contributed by atoms with van der Waals surface area (Å²) >= 11 is 3.97. The SMILES string of the molecule is CCC(=O)O[C@H](CN(C[C@H](OC(=O)CI)c1ccccc1)C[C@H](OC(=O)CI)c1ccccc1)c1ccccc1. The monoisotopic (exact) mass is 769 g/mol. The first-order chi connectivity index (χ1) is 19.4. The van der Waals surface area contributed by atoms with Crippen LogP contribution >= 0.6 is 45.2 Å². The molecule has 0 aliphatic heterocycles. The van der Waals surface area contributed by atoms with E-state index in [1.807, 2.05) is 141 Å². The van der Waals surface area contributed by atoms with E-state index in [2.05, 4.69) is 0 Å². The molecule has 0 amide bonds. The van der Waals surface area contributed by atoms with Gasteiger partial charge < -0.3 is 14.2 Å². The summed E-state index contributed by atoms with van der Waals surface area (Å²) in [6, 6.07) is 28.6. The molecule has 0 saturated carbocycles. The molecule has 0 N–H and O–H groups in total. The zero-order valence-corrected chi connectivity index (χ0v) is 26.6. The van der Waals surface area contributed by atoms with Gasteiger partial charge in [0.25, 0.3) is 0 Å². The van der Waals surface area contributed by atoms with Gasteiger partial charge in [-0.3, -0.25) is 19.3 Å². The summed E-state index contributed by atoms with van der Waals surface area (Å²) in [6.07, 6.45) is -1.51. The summed E-state index contributed by atoms with van der Waals surface area (Å²) in [6.45, 7) is 2.65. The van der Waals surface area contributed by atoms with Crippen LogP contribution in [-0.2, 0) is 28.6 Å². The van der Waals surface area contributed by atoms with Gasteiger partial charge >= 0.3 is 17.9 Å². The van der Waals surface area contributed by atoms with Crippen molar-refractivity contribution in [3.63, 3.8) is 0 Å². The molecule has 40 heavy (non-hydrogen) atoms. The van der Waals surface area contributed by atoms with Crippen LogP contribution < -0.4 is 0 Å². The molecule has 7 nitrogen and oxygen atoms in total. The van der Waals surface area contributed by atoms with Crippen molar-refractivity contribution in [2.24, 2.45) is 0 Å². The highest BCUT2D eigenvalue weighted by molar-refractivity contribution is 14.1. The van der Waals surface area contributed by atoms with Gasteiger partial charge in [-0.15, -0.1) is 0 Å². The second-order valence-corrected chi connectivity index (χ2v) is 10.5. The van der Waals surface area contributed by atoms with E-state index in [9.17, 15) is 14.4 Å². The van der Waals surface area contributed by atoms with E-state index in [4.69, 9.17) is 14.2 Å². The highest BCUT2D eigenvalue weighted by Crippen LogP contribution is 2.27. The number of hydrogen-bond acceptors (Lipinski definition) is 7. The number of halogens is 2. The molecule has 3 aromatic carbocycles. The maximum atomic E-state index is 12.5. The predicted molar refractivity (Wildman–Crippen MR) is 170 cm³/mol. The minimum atomic E-state index is -0.585. The molecule has 0 aliphatic carbocycles. The van der Waals surface area contributed by atoms with E-state index in [1.165, 1.54) is 0 Å². The molecule has 0 bridgehead atoms. The van der Waals surface area contributed by atoms with Gasteiger partial charge in [0.2, 0.25) is 0 Å². The van der Waals surface area contributed by atoms with Crippen molar-refractivity contribution < 1.29 is 28.6 Å². The van der Waals surface area contributed by atoms with E-state index >= 15 is 0 Å². The molecule has 0 fully saturated rings. The number of rotatable bonds is 15. The smallest absolute Gasteiger partial charge is 0.316 e. The third-order valence-electron chi connectivity index (χ3n) is 6.11. The molecule has 0 aliphatic rings. The summed E-state index contributed by atoms with van der Waals surface area (Å²) in [5.41, 5.74) is 2.52. The maximum absolute atomic E-state index is 12.5. The summed E-state index contributed by atoms with van der Waals surface area (Å²) in [7, 11) is 0. The molecule has 0 heterocycles. The number of nitrogens with zero attached hydrogens (tertiary/aromatic N) is 1. The van der Waals surface area contributed by atoms with Crippen LogP contribution in [0.1, 0.15) is 48.3 Å². The van der Waals surface area contributed by atoms with Crippen LogP contribution in [0.25, 0.3) is 0 Å². The van der Waals surface area contributed by atoms with Crippen molar-refractivity contribution in [3.8, 4) is 0 Å². The van der Waals surface area contributed by atoms with Crippen LogP contribution in [0.5, 0.6) is 0 Å². The Hall–Kier alpha value is -2.51. The number of hydrogen-bond donors (Lipinski definition) is 0. The number of esters is 3. The molecule has 3 atom stereocenters. The lowest BCUT2D eigenvalue weighted by atomic mass is 10.0. The standard InChI is InChI=1S/C31H33I2NO6/c1-2-29(35)38-26(23-12-6-3-7-13-23)20-34(21-27(39-30(36)18-32)24-14-8-4-9-15-24)22-28(40-31(37)19-33)25-16-10-5-11-17-25/h3-17,26-28H,2,18-22H2,1H3/t26-,27+,28+/m1/s1. The Morgan fingerprint density at radius 2 is 0.875 bits per heavy atom. The van der Waals surface area contributed by atoms with Crippen molar-refractivity contribution in [1.82, 2.24) is 4.90 Å². The second kappa shape index (κ2) is 17.3. The lowest BCUT2D eigenvalue weighted by molar-refractivity contribution is -0.152. The number of benzene rings is 3. The molecule has 3 aromatic rings. The molecule has 0 radical (unpaired) electrons. The Morgan fingerprint density at radius 1 is 0.575 bits per heavy atom. The van der Waals surface area contributed by atoms with Gasteiger partial charge in [0.05, 0.1) is 8.86 Å². The Balaban J connectivity index is 2.00. The van der Waals surface area contributed by atoms with E-state index < -0.39 is 18.3 Å². The molecule has 0 spiro atoms. The van der Waals surface area contributed by atoms with Gasteiger partial charge in [-0.25, -0.2) is 0 Å². The van der Waals surface area contributed by atoms with Crippen molar-refractivity contribution in [2.45, 2.75) is 31.7 Å². The summed E-state index contributed by atoms with van der Waals surface area (Å²) < 4.78 is 18.1. The Bertz CT molecular complexity index is 1050. The minimum Gasteiger partial charge on any atom is -0.456 e. The van der Waals surface area contributed by atoms with Gasteiger partial charge in [-0.1, -0.05) is 143 Å². The molecule has 212 valence electrons. The molecule has 9 heteroatoms. The third-order valence-corrected chi connectivity index (χ3v) is 7.36. The van der Waals surface area contributed by atoms with Crippen LogP contribution in [0.15, 0.2) is 91.0 Å². The van der Waals surface area contributed by atoms with Crippen molar-refractivity contribution in [1.29, 1.82) is 0 Å². The van der Waals surface area contributed by atoms with Gasteiger partial charge in [0.1, 0.15) is 18.3 Å². The van der Waals surface area contributed by atoms with Crippen molar-refractivity contribution in [2.75, 3.05) is 28.5 Å². The topological polar surface area (TPSA) is 82.1 Å². The van der Waals surface area contributed by atoms with E-state index in [0.717, 1.165) is 16.7 Å². The molecule has 0 saturated heterocycles. The Kier molecular flexibility index (Phi) is 13.9. The van der Waals surface area contributed by atoms with Crippen LogP contribution in [-0.4, -0.2) is 51.3 Å². The summed E-state index contributed by atoms with van der Waals surface area (Å²) in [5.74, 6) is -0.981. The van der Waals surface area contributed by atoms with Crippen LogP contribution in [0.4, 0.5) is 0 Å². The Labute approximate surface area is 262 Å². The van der Waals surface area contributed by atoms with Crippen LogP contribution in [0, 0.1) is 0 Å². The lowest BCUT2D eigenvalue weighted by Crippen LogP contribution is -2.39. The normalized spacial score (nSPS) is 13.2. The summed E-state index contributed by atoms with van der Waals surface area (Å²) in [4.78, 5) is 39.4. The lowest BCUT2D eigenvalue weighted by Gasteiger charge is -2.33. The molecule has 0 unspecified atom stereocenters. The molecular formula is C31H33I2NO6. The van der Waals surface area contributed by atoms with Crippen molar-refractivity contribution >= 4 is 63.1 Å². The fraction of sp³-hybridized carbons (Fsp3) is 0.323. The number of alkyl halides is 2. The quantitative estimate of drug-likeness (QED) is 0.0765. The molecular weight excluding hydrogens is 736 g/mol. The first-order valence-electron chi connectivity index (χ1n) is 13.0. The van der Waals surface area contributed by atoms with Gasteiger partial charge in [0.15, 0.2) is 0 Å².